The Morgan fingerprint density at radius 1 is 1.05 bits per heavy atom. The first-order valence-corrected chi connectivity index (χ1v) is 6.80. The summed E-state index contributed by atoms with van der Waals surface area (Å²) < 4.78 is 1.87. The third-order valence-electron chi connectivity index (χ3n) is 3.65. The van der Waals surface area contributed by atoms with E-state index in [-0.39, 0.29) is 5.91 Å². The second kappa shape index (κ2) is 4.31. The standard InChI is InChI=1S/C17H13N3O/c1-11-6-8-13(9-7-11)18-17-19-16(21)15-10-12-4-2-3-5-14(12)20(15)17/h2-10H,1H3,(H,18,19,21). The summed E-state index contributed by atoms with van der Waals surface area (Å²) in [4.78, 5) is 16.6. The number of fused-ring (bicyclic) bond motifs is 3. The van der Waals surface area contributed by atoms with Crippen LogP contribution in [0.4, 0.5) is 5.69 Å². The Hall–Kier alpha value is -2.88. The van der Waals surface area contributed by atoms with Crippen LogP contribution in [0, 0.1) is 6.92 Å². The molecule has 1 N–H and O–H groups in total. The number of nitrogens with zero attached hydrogens (tertiary/aromatic N) is 2. The molecule has 0 fully saturated rings. The number of nitrogens with one attached hydrogen (secondary N) is 1. The fourth-order valence-corrected chi connectivity index (χ4v) is 2.59. The maximum absolute atomic E-state index is 12.1. The van der Waals surface area contributed by atoms with Crippen molar-refractivity contribution >= 4 is 28.5 Å². The molecule has 4 nitrogen and oxygen atoms in total. The second-order valence-corrected chi connectivity index (χ2v) is 5.15. The Labute approximate surface area is 121 Å². The summed E-state index contributed by atoms with van der Waals surface area (Å²) in [7, 11) is 0. The van der Waals surface area contributed by atoms with Gasteiger partial charge in [-0.3, -0.25) is 14.7 Å². The molecule has 0 bridgehead atoms. The number of para-hydroxylation sites is 1. The smallest absolute Gasteiger partial charge is 0.275 e. The van der Waals surface area contributed by atoms with Crippen LogP contribution in [0.15, 0.2) is 59.6 Å². The van der Waals surface area contributed by atoms with Crippen LogP contribution in [0.2, 0.25) is 0 Å². The van der Waals surface area contributed by atoms with Crippen molar-refractivity contribution in [2.24, 2.45) is 4.99 Å². The summed E-state index contributed by atoms with van der Waals surface area (Å²) >= 11 is 0. The van der Waals surface area contributed by atoms with Crippen molar-refractivity contribution in [1.29, 1.82) is 0 Å². The molecule has 0 radical (unpaired) electrons. The van der Waals surface area contributed by atoms with E-state index in [2.05, 4.69) is 10.3 Å². The number of carbonyl (C=O) groups is 1. The van der Waals surface area contributed by atoms with Gasteiger partial charge < -0.3 is 0 Å². The van der Waals surface area contributed by atoms with E-state index in [1.165, 1.54) is 5.56 Å². The van der Waals surface area contributed by atoms with E-state index in [1.807, 2.05) is 66.1 Å². The normalized spacial score (nSPS) is 15.5. The van der Waals surface area contributed by atoms with Gasteiger partial charge in [0, 0.05) is 5.39 Å². The highest BCUT2D eigenvalue weighted by Crippen LogP contribution is 2.24. The second-order valence-electron chi connectivity index (χ2n) is 5.15. The van der Waals surface area contributed by atoms with Crippen molar-refractivity contribution in [2.45, 2.75) is 6.92 Å². The monoisotopic (exact) mass is 275 g/mol. The van der Waals surface area contributed by atoms with Crippen LogP contribution in [0.5, 0.6) is 0 Å². The molecule has 2 aromatic carbocycles. The van der Waals surface area contributed by atoms with Gasteiger partial charge in [0.2, 0.25) is 5.96 Å². The van der Waals surface area contributed by atoms with E-state index >= 15 is 0 Å². The van der Waals surface area contributed by atoms with Gasteiger partial charge in [-0.25, -0.2) is 4.99 Å². The molecule has 0 unspecified atom stereocenters. The highest BCUT2D eigenvalue weighted by atomic mass is 16.2. The van der Waals surface area contributed by atoms with E-state index in [4.69, 9.17) is 0 Å². The van der Waals surface area contributed by atoms with Crippen LogP contribution in [0.1, 0.15) is 16.1 Å². The predicted octanol–water partition coefficient (Wildman–Crippen LogP) is 3.23. The molecule has 21 heavy (non-hydrogen) atoms. The average Bonchev–Trinajstić information content (AvgIpc) is 3.01. The van der Waals surface area contributed by atoms with Crippen LogP contribution in [-0.4, -0.2) is 16.4 Å². The lowest BCUT2D eigenvalue weighted by atomic mass is 10.2. The fourth-order valence-electron chi connectivity index (χ4n) is 2.59. The van der Waals surface area contributed by atoms with Gasteiger partial charge in [-0.1, -0.05) is 35.9 Å². The number of amides is 1. The fraction of sp³-hybridized carbons (Fsp3) is 0.0588. The third kappa shape index (κ3) is 1.84. The van der Waals surface area contributed by atoms with Crippen molar-refractivity contribution < 1.29 is 4.79 Å². The number of aryl methyl sites for hydroxylation is 1. The van der Waals surface area contributed by atoms with Gasteiger partial charge in [-0.2, -0.15) is 0 Å². The molecule has 1 amide bonds. The van der Waals surface area contributed by atoms with Crippen LogP contribution in [0.3, 0.4) is 0 Å². The summed E-state index contributed by atoms with van der Waals surface area (Å²) in [6, 6.07) is 17.7. The minimum absolute atomic E-state index is 0.114. The van der Waals surface area contributed by atoms with Gasteiger partial charge >= 0.3 is 0 Å². The summed E-state index contributed by atoms with van der Waals surface area (Å²) in [5.41, 5.74) is 3.61. The topological polar surface area (TPSA) is 46.4 Å². The Morgan fingerprint density at radius 2 is 1.81 bits per heavy atom. The van der Waals surface area contributed by atoms with Gasteiger partial charge in [-0.15, -0.1) is 0 Å². The van der Waals surface area contributed by atoms with E-state index < -0.39 is 0 Å². The molecule has 102 valence electrons. The van der Waals surface area contributed by atoms with E-state index in [9.17, 15) is 4.79 Å². The minimum atomic E-state index is -0.114. The van der Waals surface area contributed by atoms with Crippen molar-refractivity contribution in [3.05, 3.63) is 65.9 Å². The van der Waals surface area contributed by atoms with E-state index in [0.717, 1.165) is 16.6 Å². The first-order chi connectivity index (χ1) is 10.2. The third-order valence-corrected chi connectivity index (χ3v) is 3.65. The SMILES string of the molecule is Cc1ccc(N=C2NC(=O)c3cc4ccccc4n32)cc1. The van der Waals surface area contributed by atoms with Gasteiger partial charge in [0.15, 0.2) is 0 Å². The van der Waals surface area contributed by atoms with Crippen molar-refractivity contribution in [3.63, 3.8) is 0 Å². The Balaban J connectivity index is 1.90. The Morgan fingerprint density at radius 3 is 2.62 bits per heavy atom. The lowest BCUT2D eigenvalue weighted by molar-refractivity contribution is 0.0981. The van der Waals surface area contributed by atoms with Crippen LogP contribution < -0.4 is 5.32 Å². The molecule has 1 aliphatic rings. The number of aromatic nitrogens is 1. The molecular formula is C17H13N3O. The molecule has 3 aromatic rings. The molecule has 0 saturated heterocycles. The lowest BCUT2D eigenvalue weighted by Crippen LogP contribution is -2.24. The first-order valence-electron chi connectivity index (χ1n) is 6.80. The highest BCUT2D eigenvalue weighted by molar-refractivity contribution is 6.18. The Bertz CT molecular complexity index is 888. The highest BCUT2D eigenvalue weighted by Gasteiger charge is 2.27. The van der Waals surface area contributed by atoms with Gasteiger partial charge in [0.1, 0.15) is 5.69 Å². The zero-order chi connectivity index (χ0) is 14.4. The largest absolute Gasteiger partial charge is 0.290 e. The van der Waals surface area contributed by atoms with Gasteiger partial charge in [-0.05, 0) is 31.2 Å². The van der Waals surface area contributed by atoms with Crippen LogP contribution in [-0.2, 0) is 0 Å². The zero-order valence-corrected chi connectivity index (χ0v) is 11.5. The average molecular weight is 275 g/mol. The van der Waals surface area contributed by atoms with Crippen molar-refractivity contribution in [1.82, 2.24) is 9.88 Å². The number of carbonyl (C=O) groups excluding carboxylic acids is 1. The van der Waals surface area contributed by atoms with E-state index in [0.29, 0.717) is 11.7 Å². The molecule has 0 spiro atoms. The summed E-state index contributed by atoms with van der Waals surface area (Å²) in [6.45, 7) is 2.03. The van der Waals surface area contributed by atoms with Gasteiger partial charge in [0.05, 0.1) is 11.2 Å². The van der Waals surface area contributed by atoms with Crippen molar-refractivity contribution in [2.75, 3.05) is 0 Å². The summed E-state index contributed by atoms with van der Waals surface area (Å²) in [5.74, 6) is 0.442. The maximum Gasteiger partial charge on any atom is 0.275 e. The van der Waals surface area contributed by atoms with E-state index in [1.54, 1.807) is 0 Å². The number of benzene rings is 2. The van der Waals surface area contributed by atoms with Crippen molar-refractivity contribution in [3.8, 4) is 0 Å². The lowest BCUT2D eigenvalue weighted by Gasteiger charge is -2.03. The molecule has 2 heterocycles. The Kier molecular flexibility index (Phi) is 2.44. The molecule has 1 aromatic heterocycles. The number of aliphatic imine (C=N–C) groups is 1. The minimum Gasteiger partial charge on any atom is -0.290 e. The molecule has 1 aliphatic heterocycles. The predicted molar refractivity (Wildman–Crippen MR) is 83.1 cm³/mol. The maximum atomic E-state index is 12.1. The molecule has 4 heteroatoms. The molecular weight excluding hydrogens is 262 g/mol. The summed E-state index contributed by atoms with van der Waals surface area (Å²) in [5, 5.41) is 3.87. The molecule has 4 rings (SSSR count). The van der Waals surface area contributed by atoms with Crippen LogP contribution in [0.25, 0.3) is 10.9 Å². The first kappa shape index (κ1) is 11.9. The quantitative estimate of drug-likeness (QED) is 0.728. The number of rotatable bonds is 1. The van der Waals surface area contributed by atoms with Gasteiger partial charge in [0.25, 0.3) is 5.91 Å². The number of hydrogen-bond donors (Lipinski definition) is 1. The molecule has 0 saturated carbocycles. The number of hydrogen-bond acceptors (Lipinski definition) is 2. The zero-order valence-electron chi connectivity index (χ0n) is 11.5. The summed E-state index contributed by atoms with van der Waals surface area (Å²) in [6.07, 6.45) is 0. The molecule has 0 aliphatic carbocycles. The van der Waals surface area contributed by atoms with Crippen LogP contribution >= 0.6 is 0 Å². The molecule has 0 atom stereocenters.